The molecule has 2 aromatic carbocycles. The van der Waals surface area contributed by atoms with Gasteiger partial charge in [0.25, 0.3) is 0 Å². The standard InChI is InChI=1S/C25H25N5O2/c1-17-5-7-19(8-6-17)25-29-28-24(32-25)14-13-23(31)26-20-11-9-18(10-12-20)21-16-30-15-3-2-4-22(30)27-21/h5-12,16H,2-4,13-15H2,1H3,(H,26,31). The van der Waals surface area contributed by atoms with E-state index in [1.54, 1.807) is 0 Å². The van der Waals surface area contributed by atoms with Crippen molar-refractivity contribution in [3.05, 3.63) is 72.0 Å². The molecule has 4 aromatic rings. The Hall–Kier alpha value is -3.74. The van der Waals surface area contributed by atoms with Gasteiger partial charge in [-0.05, 0) is 44.0 Å². The second-order valence-corrected chi connectivity index (χ2v) is 8.19. The van der Waals surface area contributed by atoms with Gasteiger partial charge in [-0.2, -0.15) is 0 Å². The molecule has 5 rings (SSSR count). The molecule has 0 radical (unpaired) electrons. The molecule has 1 amide bonds. The van der Waals surface area contributed by atoms with E-state index in [9.17, 15) is 4.79 Å². The van der Waals surface area contributed by atoms with E-state index in [2.05, 4.69) is 26.3 Å². The first-order chi connectivity index (χ1) is 15.6. The number of nitrogens with one attached hydrogen (secondary N) is 1. The highest BCUT2D eigenvalue weighted by atomic mass is 16.4. The number of amides is 1. The topological polar surface area (TPSA) is 85.8 Å². The number of hydrogen-bond acceptors (Lipinski definition) is 5. The molecule has 0 fully saturated rings. The van der Waals surface area contributed by atoms with Crippen molar-refractivity contribution in [2.75, 3.05) is 5.32 Å². The molecule has 0 atom stereocenters. The van der Waals surface area contributed by atoms with Crippen molar-refractivity contribution >= 4 is 11.6 Å². The van der Waals surface area contributed by atoms with Crippen LogP contribution in [0.2, 0.25) is 0 Å². The second kappa shape index (κ2) is 8.78. The predicted molar refractivity (Wildman–Crippen MR) is 122 cm³/mol. The average molecular weight is 428 g/mol. The van der Waals surface area contributed by atoms with Gasteiger partial charge in [-0.3, -0.25) is 4.79 Å². The van der Waals surface area contributed by atoms with E-state index < -0.39 is 0 Å². The summed E-state index contributed by atoms with van der Waals surface area (Å²) in [5.41, 5.74) is 4.84. The zero-order chi connectivity index (χ0) is 21.9. The van der Waals surface area contributed by atoms with Crippen LogP contribution in [0, 0.1) is 6.92 Å². The normalized spacial score (nSPS) is 13.0. The molecule has 7 heteroatoms. The summed E-state index contributed by atoms with van der Waals surface area (Å²) in [5.74, 6) is 1.99. The SMILES string of the molecule is Cc1ccc(-c2nnc(CCC(=O)Nc3ccc(-c4cn5c(n4)CCCC5)cc3)o2)cc1. The van der Waals surface area contributed by atoms with Crippen LogP contribution in [0.3, 0.4) is 0 Å². The van der Waals surface area contributed by atoms with Crippen LogP contribution in [0.4, 0.5) is 5.69 Å². The number of imidazole rings is 1. The Morgan fingerprint density at radius 1 is 1.03 bits per heavy atom. The van der Waals surface area contributed by atoms with Crippen molar-refractivity contribution in [2.24, 2.45) is 0 Å². The first-order valence-electron chi connectivity index (χ1n) is 11.0. The third kappa shape index (κ3) is 4.46. The highest BCUT2D eigenvalue weighted by Crippen LogP contribution is 2.24. The van der Waals surface area contributed by atoms with Gasteiger partial charge in [-0.15, -0.1) is 10.2 Å². The minimum absolute atomic E-state index is 0.0923. The van der Waals surface area contributed by atoms with Gasteiger partial charge in [0.15, 0.2) is 0 Å². The Morgan fingerprint density at radius 2 is 1.81 bits per heavy atom. The number of aromatic nitrogens is 4. The summed E-state index contributed by atoms with van der Waals surface area (Å²) in [6.07, 6.45) is 6.25. The second-order valence-electron chi connectivity index (χ2n) is 8.19. The smallest absolute Gasteiger partial charge is 0.247 e. The van der Waals surface area contributed by atoms with E-state index in [4.69, 9.17) is 9.40 Å². The van der Waals surface area contributed by atoms with Gasteiger partial charge >= 0.3 is 0 Å². The average Bonchev–Trinajstić information content (AvgIpc) is 3.46. The van der Waals surface area contributed by atoms with E-state index in [1.165, 1.54) is 18.4 Å². The molecule has 7 nitrogen and oxygen atoms in total. The van der Waals surface area contributed by atoms with Gasteiger partial charge in [0, 0.05) is 48.8 Å². The maximum atomic E-state index is 12.4. The molecule has 0 bridgehead atoms. The van der Waals surface area contributed by atoms with Crippen LogP contribution in [-0.2, 0) is 24.2 Å². The molecular formula is C25H25N5O2. The van der Waals surface area contributed by atoms with Crippen molar-refractivity contribution in [3.63, 3.8) is 0 Å². The van der Waals surface area contributed by atoms with Crippen molar-refractivity contribution in [2.45, 2.75) is 45.6 Å². The lowest BCUT2D eigenvalue weighted by Gasteiger charge is -2.11. The maximum Gasteiger partial charge on any atom is 0.247 e. The minimum Gasteiger partial charge on any atom is -0.421 e. The molecule has 162 valence electrons. The van der Waals surface area contributed by atoms with Gasteiger partial charge in [-0.1, -0.05) is 29.8 Å². The quantitative estimate of drug-likeness (QED) is 0.477. The van der Waals surface area contributed by atoms with Gasteiger partial charge in [0.2, 0.25) is 17.7 Å². The minimum atomic E-state index is -0.0923. The Labute approximate surface area is 186 Å². The number of carbonyl (C=O) groups excluding carboxylic acids is 1. The van der Waals surface area contributed by atoms with Crippen LogP contribution in [0.5, 0.6) is 0 Å². The van der Waals surface area contributed by atoms with Crippen molar-refractivity contribution in [1.29, 1.82) is 0 Å². The summed E-state index contributed by atoms with van der Waals surface area (Å²) in [6, 6.07) is 15.7. The zero-order valence-electron chi connectivity index (χ0n) is 18.0. The molecule has 32 heavy (non-hydrogen) atoms. The fraction of sp³-hybridized carbons (Fsp3) is 0.280. The molecular weight excluding hydrogens is 402 g/mol. The van der Waals surface area contributed by atoms with Gasteiger partial charge in [0.05, 0.1) is 5.69 Å². The summed E-state index contributed by atoms with van der Waals surface area (Å²) >= 11 is 0. The van der Waals surface area contributed by atoms with Crippen LogP contribution < -0.4 is 5.32 Å². The van der Waals surface area contributed by atoms with Gasteiger partial charge in [0.1, 0.15) is 5.82 Å². The summed E-state index contributed by atoms with van der Waals surface area (Å²) in [4.78, 5) is 17.1. The number of carbonyl (C=O) groups is 1. The number of aryl methyl sites for hydroxylation is 4. The molecule has 0 saturated heterocycles. The van der Waals surface area contributed by atoms with E-state index in [0.29, 0.717) is 18.2 Å². The van der Waals surface area contributed by atoms with E-state index >= 15 is 0 Å². The van der Waals surface area contributed by atoms with Crippen molar-refractivity contribution < 1.29 is 9.21 Å². The highest BCUT2D eigenvalue weighted by Gasteiger charge is 2.14. The third-order valence-electron chi connectivity index (χ3n) is 5.70. The lowest BCUT2D eigenvalue weighted by molar-refractivity contribution is -0.116. The maximum absolute atomic E-state index is 12.4. The Morgan fingerprint density at radius 3 is 2.59 bits per heavy atom. The highest BCUT2D eigenvalue weighted by molar-refractivity contribution is 5.91. The van der Waals surface area contributed by atoms with Crippen LogP contribution in [0.25, 0.3) is 22.7 Å². The molecule has 0 spiro atoms. The summed E-state index contributed by atoms with van der Waals surface area (Å²) in [6.45, 7) is 3.07. The summed E-state index contributed by atoms with van der Waals surface area (Å²) in [5, 5.41) is 11.1. The Kier molecular flexibility index (Phi) is 5.54. The van der Waals surface area contributed by atoms with Crippen LogP contribution in [0.1, 0.15) is 36.5 Å². The monoisotopic (exact) mass is 427 g/mol. The molecule has 1 aliphatic heterocycles. The summed E-state index contributed by atoms with van der Waals surface area (Å²) < 4.78 is 7.94. The molecule has 0 unspecified atom stereocenters. The van der Waals surface area contributed by atoms with E-state index in [-0.39, 0.29) is 12.3 Å². The Balaban J connectivity index is 1.16. The number of anilines is 1. The van der Waals surface area contributed by atoms with E-state index in [0.717, 1.165) is 41.3 Å². The first-order valence-corrected chi connectivity index (χ1v) is 11.0. The number of hydrogen-bond donors (Lipinski definition) is 1. The molecule has 1 N–H and O–H groups in total. The molecule has 2 aromatic heterocycles. The largest absolute Gasteiger partial charge is 0.421 e. The first kappa shape index (κ1) is 20.2. The van der Waals surface area contributed by atoms with Crippen LogP contribution in [0.15, 0.2) is 59.1 Å². The van der Waals surface area contributed by atoms with Gasteiger partial charge in [-0.25, -0.2) is 4.98 Å². The number of nitrogens with zero attached hydrogens (tertiary/aromatic N) is 4. The predicted octanol–water partition coefficient (Wildman–Crippen LogP) is 4.82. The van der Waals surface area contributed by atoms with Crippen LogP contribution in [-0.4, -0.2) is 25.7 Å². The number of fused-ring (bicyclic) bond motifs is 1. The van der Waals surface area contributed by atoms with Crippen molar-refractivity contribution in [3.8, 4) is 22.7 Å². The zero-order valence-corrected chi connectivity index (χ0v) is 18.0. The fourth-order valence-corrected chi connectivity index (χ4v) is 3.89. The molecule has 0 aliphatic carbocycles. The van der Waals surface area contributed by atoms with Crippen molar-refractivity contribution in [1.82, 2.24) is 19.7 Å². The van der Waals surface area contributed by atoms with Crippen LogP contribution >= 0.6 is 0 Å². The number of benzene rings is 2. The molecule has 0 saturated carbocycles. The molecule has 3 heterocycles. The van der Waals surface area contributed by atoms with Gasteiger partial charge < -0.3 is 14.3 Å². The lowest BCUT2D eigenvalue weighted by Crippen LogP contribution is -2.12. The Bertz CT molecular complexity index is 1200. The summed E-state index contributed by atoms with van der Waals surface area (Å²) in [7, 11) is 0. The third-order valence-corrected chi connectivity index (χ3v) is 5.70. The lowest BCUT2D eigenvalue weighted by atomic mass is 10.1. The number of rotatable bonds is 6. The van der Waals surface area contributed by atoms with E-state index in [1.807, 2.05) is 55.5 Å². The molecule has 1 aliphatic rings. The fourth-order valence-electron chi connectivity index (χ4n) is 3.89.